The van der Waals surface area contributed by atoms with Gasteiger partial charge in [0.25, 0.3) is 0 Å². The summed E-state index contributed by atoms with van der Waals surface area (Å²) in [4.78, 5) is 19.7. The number of carbonyl (C=O) groups is 1. The Kier molecular flexibility index (Phi) is 7.62. The molecule has 33 heavy (non-hydrogen) atoms. The van der Waals surface area contributed by atoms with Gasteiger partial charge in [0.1, 0.15) is 12.4 Å². The van der Waals surface area contributed by atoms with Crippen molar-refractivity contribution in [2.24, 2.45) is 5.92 Å². The van der Waals surface area contributed by atoms with Crippen molar-refractivity contribution in [3.05, 3.63) is 95.8 Å². The molecule has 1 aliphatic rings. The summed E-state index contributed by atoms with van der Waals surface area (Å²) in [5.74, 6) is -0.571. The number of para-hydroxylation sites is 1. The molecule has 0 saturated carbocycles. The van der Waals surface area contributed by atoms with Crippen LogP contribution in [0.4, 0.5) is 8.78 Å². The first-order chi connectivity index (χ1) is 16.1. The van der Waals surface area contributed by atoms with Crippen LogP contribution in [0.3, 0.4) is 0 Å². The molecule has 1 atom stereocenters. The van der Waals surface area contributed by atoms with Gasteiger partial charge in [-0.2, -0.15) is 0 Å². The molecule has 1 saturated heterocycles. The van der Waals surface area contributed by atoms with E-state index < -0.39 is 6.04 Å². The van der Waals surface area contributed by atoms with Crippen LogP contribution in [0.5, 0.6) is 5.75 Å². The molecule has 0 aliphatic carbocycles. The van der Waals surface area contributed by atoms with Crippen molar-refractivity contribution in [1.82, 2.24) is 15.2 Å². The molecule has 1 amide bonds. The summed E-state index contributed by atoms with van der Waals surface area (Å²) >= 11 is 0. The van der Waals surface area contributed by atoms with E-state index in [0.717, 1.165) is 31.5 Å². The lowest BCUT2D eigenvalue weighted by atomic mass is 9.94. The molecular weight excluding hydrogens is 424 g/mol. The van der Waals surface area contributed by atoms with E-state index in [1.54, 1.807) is 36.5 Å². The molecule has 2 aromatic carbocycles. The second kappa shape index (κ2) is 11.0. The summed E-state index contributed by atoms with van der Waals surface area (Å²) < 4.78 is 32.6. The number of carbonyl (C=O) groups excluding carboxylic acids is 1. The lowest BCUT2D eigenvalue weighted by Crippen LogP contribution is -2.43. The molecule has 1 aromatic heterocycles. The quantitative estimate of drug-likeness (QED) is 0.553. The maximum atomic E-state index is 13.7. The fourth-order valence-electron chi connectivity index (χ4n) is 4.06. The Bertz CT molecular complexity index is 1040. The Balaban J connectivity index is 1.30. The third kappa shape index (κ3) is 6.14. The van der Waals surface area contributed by atoms with E-state index in [1.807, 2.05) is 18.2 Å². The van der Waals surface area contributed by atoms with Crippen molar-refractivity contribution >= 4 is 5.91 Å². The monoisotopic (exact) mass is 451 g/mol. The van der Waals surface area contributed by atoms with Crippen molar-refractivity contribution in [3.63, 3.8) is 0 Å². The zero-order valence-electron chi connectivity index (χ0n) is 18.3. The van der Waals surface area contributed by atoms with Gasteiger partial charge < -0.3 is 10.1 Å². The molecule has 1 N–H and O–H groups in total. The average Bonchev–Trinajstić information content (AvgIpc) is 2.85. The molecule has 0 unspecified atom stereocenters. The van der Waals surface area contributed by atoms with Gasteiger partial charge in [0, 0.05) is 18.7 Å². The van der Waals surface area contributed by atoms with Crippen LogP contribution in [0.25, 0.3) is 0 Å². The van der Waals surface area contributed by atoms with Gasteiger partial charge in [-0.15, -0.1) is 0 Å². The van der Waals surface area contributed by atoms with Gasteiger partial charge in [-0.1, -0.05) is 30.3 Å². The number of aromatic nitrogens is 1. The van der Waals surface area contributed by atoms with Gasteiger partial charge >= 0.3 is 0 Å². The van der Waals surface area contributed by atoms with E-state index in [-0.39, 0.29) is 29.2 Å². The number of likely N-dealkylation sites (tertiary alicyclic amines) is 1. The highest BCUT2D eigenvalue weighted by molar-refractivity contribution is 5.79. The van der Waals surface area contributed by atoms with Gasteiger partial charge in [-0.25, -0.2) is 8.78 Å². The second-order valence-corrected chi connectivity index (χ2v) is 8.14. The average molecular weight is 452 g/mol. The molecule has 2 heterocycles. The van der Waals surface area contributed by atoms with Gasteiger partial charge in [0.05, 0.1) is 11.7 Å². The van der Waals surface area contributed by atoms with Crippen LogP contribution in [0, 0.1) is 17.6 Å². The van der Waals surface area contributed by atoms with Crippen molar-refractivity contribution < 1.29 is 18.3 Å². The molecule has 172 valence electrons. The van der Waals surface area contributed by atoms with E-state index in [0.29, 0.717) is 18.8 Å². The number of nitrogens with one attached hydrogen (secondary N) is 1. The Labute approximate surface area is 192 Å². The molecule has 0 spiro atoms. The number of hydrogen-bond donors (Lipinski definition) is 1. The molecule has 7 heteroatoms. The Morgan fingerprint density at radius 2 is 1.76 bits per heavy atom. The van der Waals surface area contributed by atoms with E-state index >= 15 is 0 Å². The van der Waals surface area contributed by atoms with Crippen LogP contribution in [0.2, 0.25) is 0 Å². The molecule has 5 nitrogen and oxygen atoms in total. The predicted molar refractivity (Wildman–Crippen MR) is 122 cm³/mol. The third-order valence-corrected chi connectivity index (χ3v) is 5.93. The van der Waals surface area contributed by atoms with Crippen molar-refractivity contribution in [1.29, 1.82) is 0 Å². The number of pyridine rings is 1. The van der Waals surface area contributed by atoms with E-state index in [1.165, 1.54) is 18.2 Å². The standard InChI is InChI=1S/C26H27F2N3O2/c27-21-10-8-19(9-11-21)25(23-6-3-4-14-29-23)30-26(32)20-12-15-31(16-13-20)17-18-33-24-7-2-1-5-22(24)28/h1-11,14,20,25H,12-13,15-18H2,(H,30,32)/t25-/m0/s1. The summed E-state index contributed by atoms with van der Waals surface area (Å²) in [6, 6.07) is 17.6. The largest absolute Gasteiger partial charge is 0.489 e. The van der Waals surface area contributed by atoms with Crippen molar-refractivity contribution in [3.8, 4) is 5.75 Å². The lowest BCUT2D eigenvalue weighted by Gasteiger charge is -2.32. The maximum absolute atomic E-state index is 13.7. The predicted octanol–water partition coefficient (Wildman–Crippen LogP) is 4.36. The Morgan fingerprint density at radius 3 is 2.45 bits per heavy atom. The first kappa shape index (κ1) is 22.9. The minimum atomic E-state index is -0.438. The van der Waals surface area contributed by atoms with E-state index in [4.69, 9.17) is 4.74 Å². The zero-order chi connectivity index (χ0) is 23.0. The number of ether oxygens (including phenoxy) is 1. The molecular formula is C26H27F2N3O2. The topological polar surface area (TPSA) is 54.5 Å². The summed E-state index contributed by atoms with van der Waals surface area (Å²) in [6.07, 6.45) is 3.13. The smallest absolute Gasteiger partial charge is 0.224 e. The number of piperidine rings is 1. The molecule has 1 fully saturated rings. The first-order valence-electron chi connectivity index (χ1n) is 11.2. The highest BCUT2D eigenvalue weighted by Crippen LogP contribution is 2.24. The van der Waals surface area contributed by atoms with Gasteiger partial charge in [0.15, 0.2) is 11.6 Å². The fourth-order valence-corrected chi connectivity index (χ4v) is 4.06. The number of hydrogen-bond acceptors (Lipinski definition) is 4. The van der Waals surface area contributed by atoms with E-state index in [9.17, 15) is 13.6 Å². The van der Waals surface area contributed by atoms with Crippen LogP contribution in [-0.2, 0) is 4.79 Å². The van der Waals surface area contributed by atoms with Crippen LogP contribution < -0.4 is 10.1 Å². The highest BCUT2D eigenvalue weighted by Gasteiger charge is 2.28. The lowest BCUT2D eigenvalue weighted by molar-refractivity contribution is -0.127. The van der Waals surface area contributed by atoms with Crippen LogP contribution >= 0.6 is 0 Å². The molecule has 1 aliphatic heterocycles. The number of nitrogens with zero attached hydrogens (tertiary/aromatic N) is 2. The molecule has 4 rings (SSSR count). The van der Waals surface area contributed by atoms with Crippen LogP contribution in [0.15, 0.2) is 72.9 Å². The summed E-state index contributed by atoms with van der Waals surface area (Å²) in [6.45, 7) is 2.60. The first-order valence-corrected chi connectivity index (χ1v) is 11.2. The van der Waals surface area contributed by atoms with Crippen molar-refractivity contribution in [2.45, 2.75) is 18.9 Å². The van der Waals surface area contributed by atoms with Crippen LogP contribution in [0.1, 0.15) is 30.1 Å². The van der Waals surface area contributed by atoms with Gasteiger partial charge in [-0.3, -0.25) is 14.7 Å². The molecule has 0 radical (unpaired) electrons. The zero-order valence-corrected chi connectivity index (χ0v) is 18.3. The Hall–Kier alpha value is -3.32. The molecule has 0 bridgehead atoms. The minimum absolute atomic E-state index is 0.0303. The van der Waals surface area contributed by atoms with Crippen molar-refractivity contribution in [2.75, 3.05) is 26.2 Å². The normalized spacial score (nSPS) is 15.7. The number of halogens is 2. The van der Waals surface area contributed by atoms with Gasteiger partial charge in [-0.05, 0) is 67.9 Å². The summed E-state index contributed by atoms with van der Waals surface area (Å²) in [7, 11) is 0. The van der Waals surface area contributed by atoms with E-state index in [2.05, 4.69) is 15.2 Å². The highest BCUT2D eigenvalue weighted by atomic mass is 19.1. The fraction of sp³-hybridized carbons (Fsp3) is 0.308. The Morgan fingerprint density at radius 1 is 1.03 bits per heavy atom. The molecule has 3 aromatic rings. The maximum Gasteiger partial charge on any atom is 0.224 e. The van der Waals surface area contributed by atoms with Gasteiger partial charge in [0.2, 0.25) is 5.91 Å². The summed E-state index contributed by atoms with van der Waals surface area (Å²) in [5.41, 5.74) is 1.49. The number of rotatable bonds is 8. The summed E-state index contributed by atoms with van der Waals surface area (Å²) in [5, 5.41) is 3.12. The number of benzene rings is 2. The second-order valence-electron chi connectivity index (χ2n) is 8.14. The van der Waals surface area contributed by atoms with Crippen LogP contribution in [-0.4, -0.2) is 42.0 Å². The third-order valence-electron chi connectivity index (χ3n) is 5.93. The SMILES string of the molecule is O=C(N[C@@H](c1ccc(F)cc1)c1ccccn1)C1CCN(CCOc2ccccc2F)CC1. The number of amides is 1. The minimum Gasteiger partial charge on any atom is -0.489 e.